The summed E-state index contributed by atoms with van der Waals surface area (Å²) in [6, 6.07) is 0.0344. The fourth-order valence-electron chi connectivity index (χ4n) is 3.19. The summed E-state index contributed by atoms with van der Waals surface area (Å²) in [4.78, 5) is 16.1. The van der Waals surface area contributed by atoms with E-state index in [1.807, 2.05) is 9.80 Å². The van der Waals surface area contributed by atoms with Crippen molar-refractivity contribution < 1.29 is 22.3 Å². The normalized spacial score (nSPS) is 24.3. The van der Waals surface area contributed by atoms with Gasteiger partial charge in [0.05, 0.1) is 11.5 Å². The zero-order valence-corrected chi connectivity index (χ0v) is 14.2. The van der Waals surface area contributed by atoms with E-state index in [0.29, 0.717) is 37.7 Å². The number of urea groups is 1. The molecule has 0 aromatic carbocycles. The Balaban J connectivity index is 1.74. The molecule has 0 aliphatic carbocycles. The summed E-state index contributed by atoms with van der Waals surface area (Å²) in [7, 11) is 0. The molecule has 2 rings (SSSR count). The summed E-state index contributed by atoms with van der Waals surface area (Å²) in [6.07, 6.45) is 3.10. The zero-order chi connectivity index (χ0) is 16.1. The molecule has 22 heavy (non-hydrogen) atoms. The van der Waals surface area contributed by atoms with Crippen molar-refractivity contribution in [1.82, 2.24) is 9.80 Å². The van der Waals surface area contributed by atoms with Gasteiger partial charge in [0.25, 0.3) is 0 Å². The molecule has 0 radical (unpaired) electrons. The van der Waals surface area contributed by atoms with E-state index in [4.69, 9.17) is 9.11 Å². The van der Waals surface area contributed by atoms with E-state index in [0.717, 1.165) is 25.7 Å². The van der Waals surface area contributed by atoms with Crippen LogP contribution in [0.25, 0.3) is 0 Å². The van der Waals surface area contributed by atoms with Crippen molar-refractivity contribution >= 4 is 28.2 Å². The lowest BCUT2D eigenvalue weighted by molar-refractivity contribution is 0.120. The molecule has 2 aliphatic rings. The van der Waals surface area contributed by atoms with Crippen LogP contribution in [0.15, 0.2) is 0 Å². The molecule has 7 nitrogen and oxygen atoms in total. The van der Waals surface area contributed by atoms with Crippen LogP contribution < -0.4 is 0 Å². The van der Waals surface area contributed by atoms with E-state index in [1.54, 1.807) is 0 Å². The first kappa shape index (κ1) is 17.8. The number of hydrogen-bond acceptors (Lipinski definition) is 3. The fraction of sp³-hybridized carbons (Fsp3) is 0.923. The van der Waals surface area contributed by atoms with Crippen LogP contribution in [0.3, 0.4) is 0 Å². The summed E-state index contributed by atoms with van der Waals surface area (Å²) in [5.74, 6) is 1.04. The van der Waals surface area contributed by atoms with Gasteiger partial charge in [-0.1, -0.05) is 0 Å². The van der Waals surface area contributed by atoms with Gasteiger partial charge < -0.3 is 18.9 Å². The second kappa shape index (κ2) is 8.37. The predicted molar refractivity (Wildman–Crippen MR) is 85.3 cm³/mol. The summed E-state index contributed by atoms with van der Waals surface area (Å²) in [5, 5.41) is 0. The van der Waals surface area contributed by atoms with Crippen molar-refractivity contribution in [2.75, 3.05) is 37.7 Å². The van der Waals surface area contributed by atoms with E-state index in [1.165, 1.54) is 0 Å². The lowest BCUT2D eigenvalue weighted by Gasteiger charge is -2.38. The minimum absolute atomic E-state index is 0.0344. The lowest BCUT2D eigenvalue weighted by Crippen LogP contribution is -2.49. The van der Waals surface area contributed by atoms with Gasteiger partial charge in [0.15, 0.2) is 22.2 Å². The Labute approximate surface area is 136 Å². The number of nitrogens with zero attached hydrogens (tertiary/aromatic N) is 2. The number of piperidine rings is 2. The summed E-state index contributed by atoms with van der Waals surface area (Å²) in [6.45, 7) is 2.56. The number of rotatable bonds is 4. The van der Waals surface area contributed by atoms with E-state index >= 15 is 0 Å². The van der Waals surface area contributed by atoms with Gasteiger partial charge in [-0.25, -0.2) is 13.2 Å². The Morgan fingerprint density at radius 1 is 0.818 bits per heavy atom. The first-order valence-corrected chi connectivity index (χ1v) is 10.2. The van der Waals surface area contributed by atoms with Crippen LogP contribution in [0.5, 0.6) is 0 Å². The molecule has 0 aromatic rings. The summed E-state index contributed by atoms with van der Waals surface area (Å²) in [5.41, 5.74) is 0. The van der Waals surface area contributed by atoms with Gasteiger partial charge in [0.2, 0.25) is 0 Å². The molecule has 0 aromatic heterocycles. The van der Waals surface area contributed by atoms with Crippen molar-refractivity contribution in [2.24, 2.45) is 11.8 Å². The van der Waals surface area contributed by atoms with Crippen molar-refractivity contribution in [1.29, 1.82) is 0 Å². The van der Waals surface area contributed by atoms with Crippen LogP contribution in [0.2, 0.25) is 0 Å². The first-order chi connectivity index (χ1) is 10.5. The zero-order valence-electron chi connectivity index (χ0n) is 12.6. The van der Waals surface area contributed by atoms with Crippen molar-refractivity contribution in [3.8, 4) is 0 Å². The summed E-state index contributed by atoms with van der Waals surface area (Å²) < 4.78 is 39.5. The quantitative estimate of drug-likeness (QED) is 0.735. The maximum Gasteiger partial charge on any atom is 0.319 e. The van der Waals surface area contributed by atoms with E-state index in [9.17, 15) is 13.2 Å². The second-order valence-corrected chi connectivity index (χ2v) is 8.07. The third-order valence-corrected chi connectivity index (χ3v) is 6.04. The monoisotopic (exact) mass is 352 g/mol. The van der Waals surface area contributed by atoms with Gasteiger partial charge in [-0.3, -0.25) is 0 Å². The Morgan fingerprint density at radius 3 is 1.41 bits per heavy atom. The van der Waals surface area contributed by atoms with Gasteiger partial charge in [-0.15, -0.1) is 0 Å². The van der Waals surface area contributed by atoms with Gasteiger partial charge in [-0.05, 0) is 37.5 Å². The Morgan fingerprint density at radius 2 is 1.14 bits per heavy atom. The Hall–Kier alpha value is -0.510. The van der Waals surface area contributed by atoms with E-state index in [2.05, 4.69) is 0 Å². The molecule has 2 N–H and O–H groups in total. The molecule has 2 heterocycles. The minimum atomic E-state index is -1.76. The third kappa shape index (κ3) is 5.29. The Bertz CT molecular complexity index is 394. The molecule has 2 atom stereocenters. The Kier molecular flexibility index (Phi) is 6.79. The standard InChI is InChI=1S/C13H24N2O5S2/c16-13(14-5-1-11(2-6-14)9-21(17)18)15-7-3-12(4-8-15)10-22(19)20/h11-12H,1-10H2,(H,17,18)(H,19,20). The molecule has 9 heteroatoms. The van der Waals surface area contributed by atoms with Gasteiger partial charge >= 0.3 is 6.03 Å². The van der Waals surface area contributed by atoms with Crippen LogP contribution in [0.4, 0.5) is 4.79 Å². The molecule has 128 valence electrons. The molecule has 0 spiro atoms. The molecule has 0 bridgehead atoms. The highest BCUT2D eigenvalue weighted by Crippen LogP contribution is 2.22. The van der Waals surface area contributed by atoms with Gasteiger partial charge in [-0.2, -0.15) is 0 Å². The van der Waals surface area contributed by atoms with E-state index in [-0.39, 0.29) is 17.9 Å². The van der Waals surface area contributed by atoms with E-state index < -0.39 is 22.2 Å². The molecular weight excluding hydrogens is 328 g/mol. The largest absolute Gasteiger partial charge is 0.325 e. The smallest absolute Gasteiger partial charge is 0.319 e. The predicted octanol–water partition coefficient (Wildman–Crippen LogP) is 0.974. The highest BCUT2D eigenvalue weighted by Gasteiger charge is 2.29. The highest BCUT2D eigenvalue weighted by atomic mass is 32.2. The minimum Gasteiger partial charge on any atom is -0.325 e. The number of amides is 2. The van der Waals surface area contributed by atoms with Crippen LogP contribution in [0.1, 0.15) is 25.7 Å². The fourth-order valence-corrected chi connectivity index (χ4v) is 4.66. The van der Waals surface area contributed by atoms with Crippen LogP contribution >= 0.6 is 0 Å². The van der Waals surface area contributed by atoms with Crippen LogP contribution in [-0.2, 0) is 22.2 Å². The number of carbonyl (C=O) groups is 1. The molecule has 2 fully saturated rings. The highest BCUT2D eigenvalue weighted by molar-refractivity contribution is 7.79. The third-order valence-electron chi connectivity index (χ3n) is 4.53. The second-order valence-electron chi connectivity index (χ2n) is 6.12. The van der Waals surface area contributed by atoms with Crippen LogP contribution in [-0.4, -0.2) is 71.0 Å². The molecule has 2 saturated heterocycles. The van der Waals surface area contributed by atoms with Crippen LogP contribution in [0, 0.1) is 11.8 Å². The molecule has 2 aliphatic heterocycles. The van der Waals surface area contributed by atoms with Crippen molar-refractivity contribution in [2.45, 2.75) is 25.7 Å². The first-order valence-electron chi connectivity index (χ1n) is 7.64. The lowest BCUT2D eigenvalue weighted by atomic mass is 9.98. The summed E-state index contributed by atoms with van der Waals surface area (Å²) >= 11 is -3.52. The maximum absolute atomic E-state index is 12.4. The van der Waals surface area contributed by atoms with Crippen molar-refractivity contribution in [3.63, 3.8) is 0 Å². The topological polar surface area (TPSA) is 98.2 Å². The van der Waals surface area contributed by atoms with Gasteiger partial charge in [0.1, 0.15) is 0 Å². The SMILES string of the molecule is O=C(N1CCC(CS(=O)O)CC1)N1CCC(CS(=O)O)CC1. The number of likely N-dealkylation sites (tertiary alicyclic amines) is 2. The molecule has 2 amide bonds. The number of hydrogen-bond donors (Lipinski definition) is 2. The van der Waals surface area contributed by atoms with Gasteiger partial charge in [0, 0.05) is 26.2 Å². The maximum atomic E-state index is 12.4. The average molecular weight is 352 g/mol. The average Bonchev–Trinajstić information content (AvgIpc) is 2.47. The van der Waals surface area contributed by atoms with Crippen molar-refractivity contribution in [3.05, 3.63) is 0 Å². The number of carbonyl (C=O) groups excluding carboxylic acids is 1. The molecule has 0 saturated carbocycles. The molecular formula is C13H24N2O5S2. The molecule has 2 unspecified atom stereocenters.